The molecule has 0 radical (unpaired) electrons. The molecule has 23 heavy (non-hydrogen) atoms. The fourth-order valence-corrected chi connectivity index (χ4v) is 3.38. The van der Waals surface area contributed by atoms with E-state index in [2.05, 4.69) is 11.8 Å². The van der Waals surface area contributed by atoms with Crippen molar-refractivity contribution >= 4 is 17.1 Å². The van der Waals surface area contributed by atoms with Gasteiger partial charge in [0.2, 0.25) is 5.95 Å². The molecular weight excluding hydrogens is 294 g/mol. The Balaban J connectivity index is 2.27. The lowest BCUT2D eigenvalue weighted by Crippen LogP contribution is -2.37. The second kappa shape index (κ2) is 6.22. The maximum Gasteiger partial charge on any atom is 0.332 e. The Bertz CT molecular complexity index is 822. The smallest absolute Gasteiger partial charge is 0.332 e. The van der Waals surface area contributed by atoms with Gasteiger partial charge in [-0.3, -0.25) is 13.9 Å². The fourth-order valence-electron chi connectivity index (χ4n) is 3.38. The standard InChI is InChI=1S/C16H25N5O2/c1-4-9-21-12-13(18(2)16(23)19(3)14(12)22)17-15(21)20-10-7-5-6-8-11-20/h4-11H2,1-3H3. The molecule has 3 rings (SSSR count). The van der Waals surface area contributed by atoms with Crippen LogP contribution in [0.1, 0.15) is 39.0 Å². The van der Waals surface area contributed by atoms with Crippen LogP contribution >= 0.6 is 0 Å². The molecule has 2 aromatic rings. The van der Waals surface area contributed by atoms with Gasteiger partial charge in [-0.05, 0) is 19.3 Å². The monoisotopic (exact) mass is 319 g/mol. The molecule has 1 fully saturated rings. The van der Waals surface area contributed by atoms with E-state index in [1.165, 1.54) is 29.0 Å². The second-order valence-electron chi connectivity index (χ2n) is 6.34. The average Bonchev–Trinajstić information content (AvgIpc) is 2.74. The molecule has 0 saturated carbocycles. The number of aromatic nitrogens is 4. The van der Waals surface area contributed by atoms with Crippen molar-refractivity contribution in [2.75, 3.05) is 18.0 Å². The SMILES string of the molecule is CCCn1c(N2CCCCCC2)nc2c1c(=O)n(C)c(=O)n2C. The van der Waals surface area contributed by atoms with E-state index in [0.29, 0.717) is 11.2 Å². The van der Waals surface area contributed by atoms with Crippen molar-refractivity contribution in [3.05, 3.63) is 20.8 Å². The summed E-state index contributed by atoms with van der Waals surface area (Å²) in [4.78, 5) is 31.8. The first-order valence-electron chi connectivity index (χ1n) is 8.47. The molecule has 3 heterocycles. The molecule has 7 heteroatoms. The van der Waals surface area contributed by atoms with Crippen molar-refractivity contribution in [3.8, 4) is 0 Å². The highest BCUT2D eigenvalue weighted by Crippen LogP contribution is 2.23. The molecule has 1 aliphatic heterocycles. The summed E-state index contributed by atoms with van der Waals surface area (Å²) in [6, 6.07) is 0. The van der Waals surface area contributed by atoms with Gasteiger partial charge in [0.25, 0.3) is 5.56 Å². The lowest BCUT2D eigenvalue weighted by molar-refractivity contribution is 0.653. The largest absolute Gasteiger partial charge is 0.342 e. The van der Waals surface area contributed by atoms with Crippen LogP contribution < -0.4 is 16.1 Å². The molecule has 0 aromatic carbocycles. The molecule has 0 atom stereocenters. The third-order valence-corrected chi connectivity index (χ3v) is 4.66. The van der Waals surface area contributed by atoms with Gasteiger partial charge in [0, 0.05) is 33.7 Å². The van der Waals surface area contributed by atoms with Gasteiger partial charge in [-0.2, -0.15) is 4.98 Å². The topological polar surface area (TPSA) is 65.1 Å². The number of anilines is 1. The van der Waals surface area contributed by atoms with Crippen molar-refractivity contribution in [2.45, 2.75) is 45.6 Å². The number of nitrogens with zero attached hydrogens (tertiary/aromatic N) is 5. The lowest BCUT2D eigenvalue weighted by atomic mass is 10.2. The third kappa shape index (κ3) is 2.58. The summed E-state index contributed by atoms with van der Waals surface area (Å²) in [6.07, 6.45) is 5.69. The van der Waals surface area contributed by atoms with Gasteiger partial charge in [-0.25, -0.2) is 4.79 Å². The number of imidazole rings is 1. The van der Waals surface area contributed by atoms with Gasteiger partial charge in [0.1, 0.15) is 0 Å². The first kappa shape index (κ1) is 15.8. The van der Waals surface area contributed by atoms with Gasteiger partial charge in [0.05, 0.1) is 0 Å². The van der Waals surface area contributed by atoms with Crippen LogP contribution in [0.4, 0.5) is 5.95 Å². The van der Waals surface area contributed by atoms with Crippen molar-refractivity contribution in [3.63, 3.8) is 0 Å². The Morgan fingerprint density at radius 2 is 1.65 bits per heavy atom. The van der Waals surface area contributed by atoms with Crippen LogP contribution in [0.2, 0.25) is 0 Å². The van der Waals surface area contributed by atoms with E-state index in [0.717, 1.165) is 44.8 Å². The molecule has 0 N–H and O–H groups in total. The van der Waals surface area contributed by atoms with Gasteiger partial charge < -0.3 is 9.47 Å². The van der Waals surface area contributed by atoms with Crippen molar-refractivity contribution in [2.24, 2.45) is 14.1 Å². The summed E-state index contributed by atoms with van der Waals surface area (Å²) in [5.41, 5.74) is 0.442. The van der Waals surface area contributed by atoms with Gasteiger partial charge in [-0.1, -0.05) is 19.8 Å². The number of rotatable bonds is 3. The van der Waals surface area contributed by atoms with Crippen LogP contribution in [-0.4, -0.2) is 31.8 Å². The molecule has 0 unspecified atom stereocenters. The van der Waals surface area contributed by atoms with E-state index in [4.69, 9.17) is 4.98 Å². The van der Waals surface area contributed by atoms with E-state index in [-0.39, 0.29) is 11.2 Å². The maximum absolute atomic E-state index is 12.6. The van der Waals surface area contributed by atoms with E-state index < -0.39 is 0 Å². The minimum absolute atomic E-state index is 0.259. The fraction of sp³-hybridized carbons (Fsp3) is 0.688. The third-order valence-electron chi connectivity index (χ3n) is 4.66. The van der Waals surface area contributed by atoms with Gasteiger partial charge in [0.15, 0.2) is 11.2 Å². The van der Waals surface area contributed by atoms with Gasteiger partial charge >= 0.3 is 5.69 Å². The summed E-state index contributed by atoms with van der Waals surface area (Å²) >= 11 is 0. The zero-order chi connectivity index (χ0) is 16.6. The first-order chi connectivity index (χ1) is 11.1. The van der Waals surface area contributed by atoms with E-state index >= 15 is 0 Å². The quantitative estimate of drug-likeness (QED) is 0.853. The summed E-state index contributed by atoms with van der Waals surface area (Å²) in [5.74, 6) is 0.835. The maximum atomic E-state index is 12.6. The van der Waals surface area contributed by atoms with Crippen LogP contribution in [0.15, 0.2) is 9.59 Å². The Kier molecular flexibility index (Phi) is 4.28. The predicted molar refractivity (Wildman–Crippen MR) is 91.2 cm³/mol. The molecule has 0 amide bonds. The minimum Gasteiger partial charge on any atom is -0.342 e. The molecule has 0 aliphatic carbocycles. The number of aryl methyl sites for hydroxylation is 2. The molecule has 7 nitrogen and oxygen atoms in total. The zero-order valence-electron chi connectivity index (χ0n) is 14.2. The highest BCUT2D eigenvalue weighted by Gasteiger charge is 2.22. The minimum atomic E-state index is -0.328. The molecule has 1 saturated heterocycles. The highest BCUT2D eigenvalue weighted by molar-refractivity contribution is 5.74. The van der Waals surface area contributed by atoms with Crippen LogP contribution in [0.3, 0.4) is 0 Å². The van der Waals surface area contributed by atoms with E-state index in [9.17, 15) is 9.59 Å². The normalized spacial score (nSPS) is 16.0. The molecule has 0 bridgehead atoms. The van der Waals surface area contributed by atoms with Crippen molar-refractivity contribution < 1.29 is 0 Å². The van der Waals surface area contributed by atoms with Crippen molar-refractivity contribution in [1.82, 2.24) is 18.7 Å². The summed E-state index contributed by atoms with van der Waals surface area (Å²) in [6.45, 7) is 4.74. The van der Waals surface area contributed by atoms with Gasteiger partial charge in [-0.15, -0.1) is 0 Å². The Morgan fingerprint density at radius 1 is 1.00 bits per heavy atom. The molecular formula is C16H25N5O2. The van der Waals surface area contributed by atoms with Crippen molar-refractivity contribution in [1.29, 1.82) is 0 Å². The lowest BCUT2D eigenvalue weighted by Gasteiger charge is -2.22. The van der Waals surface area contributed by atoms with Crippen LogP contribution in [0.25, 0.3) is 11.2 Å². The number of hydrogen-bond donors (Lipinski definition) is 0. The number of hydrogen-bond acceptors (Lipinski definition) is 4. The summed E-state index contributed by atoms with van der Waals surface area (Å²) in [7, 11) is 3.21. The second-order valence-corrected chi connectivity index (χ2v) is 6.34. The van der Waals surface area contributed by atoms with E-state index in [1.54, 1.807) is 7.05 Å². The first-order valence-corrected chi connectivity index (χ1v) is 8.47. The summed E-state index contributed by atoms with van der Waals surface area (Å²) < 4.78 is 4.65. The Hall–Kier alpha value is -2.05. The highest BCUT2D eigenvalue weighted by atomic mass is 16.2. The molecule has 1 aliphatic rings. The Labute approximate surface area is 135 Å². The number of fused-ring (bicyclic) bond motifs is 1. The zero-order valence-corrected chi connectivity index (χ0v) is 14.2. The summed E-state index contributed by atoms with van der Waals surface area (Å²) in [5, 5.41) is 0. The van der Waals surface area contributed by atoms with E-state index in [1.807, 2.05) is 4.57 Å². The average molecular weight is 319 g/mol. The molecule has 0 spiro atoms. The van der Waals surface area contributed by atoms with Crippen LogP contribution in [0.5, 0.6) is 0 Å². The van der Waals surface area contributed by atoms with Crippen LogP contribution in [-0.2, 0) is 20.6 Å². The Morgan fingerprint density at radius 3 is 2.26 bits per heavy atom. The molecule has 2 aromatic heterocycles. The van der Waals surface area contributed by atoms with Crippen LogP contribution in [0, 0.1) is 0 Å². The molecule has 126 valence electrons. The predicted octanol–water partition coefficient (Wildman–Crippen LogP) is 1.22.